The molecule has 0 saturated heterocycles. The molecule has 0 bridgehead atoms. The molecule has 0 unspecified atom stereocenters. The molecule has 2 heterocycles. The summed E-state index contributed by atoms with van der Waals surface area (Å²) in [5.41, 5.74) is 13.3. The van der Waals surface area contributed by atoms with Crippen LogP contribution in [0.5, 0.6) is 0 Å². The highest BCUT2D eigenvalue weighted by molar-refractivity contribution is 6.25. The molecule has 10 aromatic carbocycles. The number of hydrogen-bond acceptors (Lipinski definition) is 0. The van der Waals surface area contributed by atoms with Gasteiger partial charge in [-0.25, -0.2) is 0 Å². The highest BCUT2D eigenvalue weighted by atomic mass is 15.0. The van der Waals surface area contributed by atoms with Crippen molar-refractivity contribution in [2.75, 3.05) is 0 Å². The van der Waals surface area contributed by atoms with Gasteiger partial charge in [-0.2, -0.15) is 0 Å². The summed E-state index contributed by atoms with van der Waals surface area (Å²) >= 11 is 0. The number of hydrogen-bond donors (Lipinski definition) is 0. The van der Waals surface area contributed by atoms with Crippen molar-refractivity contribution in [3.8, 4) is 33.6 Å². The number of benzene rings is 10. The normalized spacial score (nSPS) is 11.9. The monoisotopic (exact) mass is 724 g/mol. The zero-order chi connectivity index (χ0) is 37.6. The number of aromatic nitrogens is 2. The summed E-state index contributed by atoms with van der Waals surface area (Å²) in [5.74, 6) is 0. The van der Waals surface area contributed by atoms with Crippen LogP contribution in [0.4, 0.5) is 0 Å². The van der Waals surface area contributed by atoms with E-state index in [-0.39, 0.29) is 0 Å². The summed E-state index contributed by atoms with van der Waals surface area (Å²) in [6.07, 6.45) is 0. The summed E-state index contributed by atoms with van der Waals surface area (Å²) in [6.45, 7) is 2.13. The average molecular weight is 725 g/mol. The van der Waals surface area contributed by atoms with Crippen LogP contribution in [-0.2, 0) is 0 Å². The highest BCUT2D eigenvalue weighted by Gasteiger charge is 2.17. The minimum Gasteiger partial charge on any atom is -0.309 e. The van der Waals surface area contributed by atoms with Gasteiger partial charge in [-0.05, 0) is 122 Å². The highest BCUT2D eigenvalue weighted by Crippen LogP contribution is 2.41. The summed E-state index contributed by atoms with van der Waals surface area (Å²) in [4.78, 5) is 0. The third-order valence-corrected chi connectivity index (χ3v) is 12.2. The molecule has 0 aliphatic carbocycles. The molecule has 2 nitrogen and oxygen atoms in total. The Hall–Kier alpha value is -7.42. The Morgan fingerprint density at radius 1 is 0.246 bits per heavy atom. The van der Waals surface area contributed by atoms with E-state index in [0.717, 1.165) is 5.69 Å². The summed E-state index contributed by atoms with van der Waals surface area (Å²) in [7, 11) is 0. The first-order valence-electron chi connectivity index (χ1n) is 19.8. The molecule has 0 radical (unpaired) electrons. The molecule has 0 spiro atoms. The van der Waals surface area contributed by atoms with Crippen molar-refractivity contribution in [2.45, 2.75) is 6.92 Å². The van der Waals surface area contributed by atoms with Crippen LogP contribution in [0.15, 0.2) is 200 Å². The Bertz CT molecular complexity index is 3530. The molecule has 0 N–H and O–H groups in total. The van der Waals surface area contributed by atoms with Crippen LogP contribution >= 0.6 is 0 Å². The van der Waals surface area contributed by atoms with Crippen LogP contribution < -0.4 is 0 Å². The van der Waals surface area contributed by atoms with Crippen LogP contribution in [0, 0.1) is 6.92 Å². The second kappa shape index (κ2) is 12.3. The van der Waals surface area contributed by atoms with Gasteiger partial charge in [0.25, 0.3) is 0 Å². The molecule has 0 atom stereocenters. The molecule has 0 fully saturated rings. The molecule has 12 aromatic rings. The topological polar surface area (TPSA) is 9.86 Å². The number of nitrogens with zero attached hydrogens (tertiary/aromatic N) is 2. The largest absolute Gasteiger partial charge is 0.309 e. The summed E-state index contributed by atoms with van der Waals surface area (Å²) in [5, 5.41) is 12.7. The van der Waals surface area contributed by atoms with E-state index in [2.05, 4.69) is 216 Å². The maximum atomic E-state index is 2.44. The van der Waals surface area contributed by atoms with Gasteiger partial charge in [0.2, 0.25) is 0 Å². The van der Waals surface area contributed by atoms with Crippen molar-refractivity contribution in [1.82, 2.24) is 9.13 Å². The quantitative estimate of drug-likeness (QED) is 0.160. The zero-order valence-electron chi connectivity index (χ0n) is 31.4. The number of fused-ring (bicyclic) bond motifs is 12. The second-order valence-corrected chi connectivity index (χ2v) is 15.4. The fraction of sp³-hybridized carbons (Fsp3) is 0.0182. The van der Waals surface area contributed by atoms with Crippen LogP contribution in [0.2, 0.25) is 0 Å². The fourth-order valence-electron chi connectivity index (χ4n) is 9.44. The van der Waals surface area contributed by atoms with Crippen molar-refractivity contribution >= 4 is 75.9 Å². The number of aryl methyl sites for hydroxylation is 1. The van der Waals surface area contributed by atoms with E-state index in [1.165, 1.54) is 109 Å². The van der Waals surface area contributed by atoms with Gasteiger partial charge in [-0.3, -0.25) is 0 Å². The summed E-state index contributed by atoms with van der Waals surface area (Å²) in [6, 6.07) is 74.0. The van der Waals surface area contributed by atoms with Crippen LogP contribution in [0.25, 0.3) is 110 Å². The first-order valence-corrected chi connectivity index (χ1v) is 19.8. The minimum atomic E-state index is 1.16. The van der Waals surface area contributed by atoms with E-state index >= 15 is 0 Å². The predicted octanol–water partition coefficient (Wildman–Crippen LogP) is 15.0. The van der Waals surface area contributed by atoms with E-state index in [1.54, 1.807) is 0 Å². The van der Waals surface area contributed by atoms with Gasteiger partial charge in [0, 0.05) is 32.9 Å². The first-order chi connectivity index (χ1) is 28.2. The lowest BCUT2D eigenvalue weighted by Crippen LogP contribution is -1.94. The van der Waals surface area contributed by atoms with Crippen molar-refractivity contribution < 1.29 is 0 Å². The molecule has 2 aromatic heterocycles. The Balaban J connectivity index is 1.00. The van der Waals surface area contributed by atoms with Crippen molar-refractivity contribution in [2.24, 2.45) is 0 Å². The lowest BCUT2D eigenvalue weighted by Gasteiger charge is -2.14. The first kappa shape index (κ1) is 31.9. The van der Waals surface area contributed by atoms with Gasteiger partial charge in [0.15, 0.2) is 0 Å². The Labute approximate surface area is 330 Å². The standard InChI is InChI=1S/C55H36N2/c1-35-18-20-36(21-19-35)37-22-26-40(27-23-37)56-52-16-8-6-14-47(52)50-32-38(24-30-54(50)56)39-25-31-55-51(33-39)48-15-7-9-17-53(48)57(55)41-28-29-46-44-12-3-2-10-42(44)43-11-4-5-13-45(43)49(46)34-41/h2-34H,1H3. The van der Waals surface area contributed by atoms with Crippen LogP contribution in [-0.4, -0.2) is 9.13 Å². The van der Waals surface area contributed by atoms with E-state index in [1.807, 2.05) is 0 Å². The third-order valence-electron chi connectivity index (χ3n) is 12.2. The van der Waals surface area contributed by atoms with Crippen molar-refractivity contribution in [3.63, 3.8) is 0 Å². The Morgan fingerprint density at radius 3 is 1.14 bits per heavy atom. The molecule has 0 saturated carbocycles. The smallest absolute Gasteiger partial charge is 0.0541 e. The zero-order valence-corrected chi connectivity index (χ0v) is 31.4. The number of para-hydroxylation sites is 2. The van der Waals surface area contributed by atoms with Crippen LogP contribution in [0.3, 0.4) is 0 Å². The molecule has 2 heteroatoms. The molecule has 57 heavy (non-hydrogen) atoms. The predicted molar refractivity (Wildman–Crippen MR) is 243 cm³/mol. The molecule has 0 aliphatic rings. The van der Waals surface area contributed by atoms with Crippen molar-refractivity contribution in [1.29, 1.82) is 0 Å². The maximum absolute atomic E-state index is 2.44. The van der Waals surface area contributed by atoms with Gasteiger partial charge in [-0.1, -0.05) is 145 Å². The molecule has 266 valence electrons. The molecular weight excluding hydrogens is 689 g/mol. The maximum Gasteiger partial charge on any atom is 0.0541 e. The summed E-state index contributed by atoms with van der Waals surface area (Å²) < 4.78 is 4.85. The van der Waals surface area contributed by atoms with Crippen LogP contribution in [0.1, 0.15) is 5.56 Å². The SMILES string of the molecule is Cc1ccc(-c2ccc(-n3c4ccccc4c4cc(-c5ccc6c(c5)c5ccccc5n6-c5ccc6c7ccccc7c7ccccc7c6c5)ccc43)cc2)cc1. The Kier molecular flexibility index (Phi) is 6.88. The van der Waals surface area contributed by atoms with E-state index in [4.69, 9.17) is 0 Å². The van der Waals surface area contributed by atoms with E-state index < -0.39 is 0 Å². The molecule has 0 amide bonds. The molecular formula is C55H36N2. The van der Waals surface area contributed by atoms with Crippen molar-refractivity contribution in [3.05, 3.63) is 206 Å². The molecule has 0 aliphatic heterocycles. The number of rotatable bonds is 4. The average Bonchev–Trinajstić information content (AvgIpc) is 3.79. The van der Waals surface area contributed by atoms with Gasteiger partial charge in [0.05, 0.1) is 22.1 Å². The fourth-order valence-corrected chi connectivity index (χ4v) is 9.44. The van der Waals surface area contributed by atoms with Gasteiger partial charge < -0.3 is 9.13 Å². The minimum absolute atomic E-state index is 1.16. The molecule has 12 rings (SSSR count). The third kappa shape index (κ3) is 4.84. The van der Waals surface area contributed by atoms with Gasteiger partial charge in [-0.15, -0.1) is 0 Å². The van der Waals surface area contributed by atoms with E-state index in [0.29, 0.717) is 0 Å². The Morgan fingerprint density at radius 2 is 0.614 bits per heavy atom. The lowest BCUT2D eigenvalue weighted by molar-refractivity contribution is 1.18. The van der Waals surface area contributed by atoms with E-state index in [9.17, 15) is 0 Å². The second-order valence-electron chi connectivity index (χ2n) is 15.4. The van der Waals surface area contributed by atoms with Gasteiger partial charge in [0.1, 0.15) is 0 Å². The lowest BCUT2D eigenvalue weighted by atomic mass is 9.94. The van der Waals surface area contributed by atoms with Gasteiger partial charge >= 0.3 is 0 Å².